The molecule has 4 nitrogen and oxygen atoms in total. The summed E-state index contributed by atoms with van der Waals surface area (Å²) in [4.78, 5) is 10.8. The average molecular weight is 221 g/mol. The van der Waals surface area contributed by atoms with Gasteiger partial charge >= 0.3 is 5.97 Å². The quantitative estimate of drug-likeness (QED) is 0.813. The van der Waals surface area contributed by atoms with Gasteiger partial charge in [-0.05, 0) is 18.9 Å². The van der Waals surface area contributed by atoms with Crippen molar-refractivity contribution in [2.45, 2.75) is 24.9 Å². The Morgan fingerprint density at radius 3 is 2.81 bits per heavy atom. The number of hydrogen-bond acceptors (Lipinski definition) is 3. The molecular formula is C12H15NO3. The predicted molar refractivity (Wildman–Crippen MR) is 59.5 cm³/mol. The minimum atomic E-state index is -0.780. The maximum Gasteiger partial charge on any atom is 0.320 e. The Morgan fingerprint density at radius 1 is 1.44 bits per heavy atom. The van der Waals surface area contributed by atoms with Crippen molar-refractivity contribution in [3.8, 4) is 5.75 Å². The fourth-order valence-corrected chi connectivity index (χ4v) is 2.14. The number of para-hydroxylation sites is 1. The van der Waals surface area contributed by atoms with E-state index in [-0.39, 0.29) is 6.04 Å². The molecule has 1 aromatic rings. The number of nitrogens with one attached hydrogen (secondary N) is 1. The summed E-state index contributed by atoms with van der Waals surface area (Å²) >= 11 is 0. The third-order valence-electron chi connectivity index (χ3n) is 2.96. The fraction of sp³-hybridized carbons (Fsp3) is 0.417. The highest BCUT2D eigenvalue weighted by molar-refractivity contribution is 5.74. The van der Waals surface area contributed by atoms with E-state index >= 15 is 0 Å². The molecule has 0 spiro atoms. The first kappa shape index (κ1) is 11.0. The van der Waals surface area contributed by atoms with Crippen LogP contribution in [0.25, 0.3) is 0 Å². The second-order valence-corrected chi connectivity index (χ2v) is 3.93. The number of carboxylic acid groups (broad SMARTS) is 1. The molecule has 1 aliphatic rings. The summed E-state index contributed by atoms with van der Waals surface area (Å²) in [5.74, 6) is 0.0310. The van der Waals surface area contributed by atoms with Gasteiger partial charge in [0.1, 0.15) is 11.8 Å². The maximum atomic E-state index is 10.8. The van der Waals surface area contributed by atoms with Crippen molar-refractivity contribution in [2.75, 3.05) is 7.11 Å². The highest BCUT2D eigenvalue weighted by Crippen LogP contribution is 2.32. The minimum Gasteiger partial charge on any atom is -0.496 e. The van der Waals surface area contributed by atoms with E-state index in [0.29, 0.717) is 6.42 Å². The fourth-order valence-electron chi connectivity index (χ4n) is 2.14. The molecular weight excluding hydrogens is 206 g/mol. The van der Waals surface area contributed by atoms with Crippen LogP contribution >= 0.6 is 0 Å². The van der Waals surface area contributed by atoms with E-state index in [1.165, 1.54) is 0 Å². The van der Waals surface area contributed by atoms with Gasteiger partial charge in [0.15, 0.2) is 0 Å². The molecule has 16 heavy (non-hydrogen) atoms. The van der Waals surface area contributed by atoms with Gasteiger partial charge in [0.2, 0.25) is 0 Å². The van der Waals surface area contributed by atoms with Gasteiger partial charge in [-0.25, -0.2) is 0 Å². The highest BCUT2D eigenvalue weighted by atomic mass is 16.5. The lowest BCUT2D eigenvalue weighted by Crippen LogP contribution is -2.31. The molecule has 1 fully saturated rings. The lowest BCUT2D eigenvalue weighted by molar-refractivity contribution is -0.139. The van der Waals surface area contributed by atoms with E-state index < -0.39 is 12.0 Å². The van der Waals surface area contributed by atoms with Gasteiger partial charge in [0.25, 0.3) is 0 Å². The smallest absolute Gasteiger partial charge is 0.320 e. The molecule has 1 aromatic carbocycles. The normalized spacial score (nSPS) is 24.3. The van der Waals surface area contributed by atoms with Crippen molar-refractivity contribution >= 4 is 5.97 Å². The van der Waals surface area contributed by atoms with Gasteiger partial charge in [-0.3, -0.25) is 10.1 Å². The number of methoxy groups -OCH3 is 1. The standard InChI is InChI=1S/C12H15NO3/c1-16-11-5-3-2-4-8(11)9-6-7-10(13-9)12(14)15/h2-5,9-10,13H,6-7H2,1H3,(H,14,15)/t9-,10-/m1/s1. The lowest BCUT2D eigenvalue weighted by atomic mass is 10.0. The summed E-state index contributed by atoms with van der Waals surface area (Å²) in [5.41, 5.74) is 1.04. The third-order valence-corrected chi connectivity index (χ3v) is 2.96. The Bertz CT molecular complexity index is 392. The van der Waals surface area contributed by atoms with Crippen LogP contribution in [0.1, 0.15) is 24.4 Å². The number of ether oxygens (including phenoxy) is 1. The number of carbonyl (C=O) groups is 1. The Hall–Kier alpha value is -1.55. The van der Waals surface area contributed by atoms with E-state index in [1.54, 1.807) is 7.11 Å². The number of hydrogen-bond donors (Lipinski definition) is 2. The van der Waals surface area contributed by atoms with Crippen LogP contribution < -0.4 is 10.1 Å². The summed E-state index contributed by atoms with van der Waals surface area (Å²) in [6.07, 6.45) is 1.50. The van der Waals surface area contributed by atoms with E-state index in [0.717, 1.165) is 17.7 Å². The number of aliphatic carboxylic acids is 1. The second kappa shape index (κ2) is 4.53. The van der Waals surface area contributed by atoms with Gasteiger partial charge in [-0.15, -0.1) is 0 Å². The van der Waals surface area contributed by atoms with Gasteiger partial charge in [-0.1, -0.05) is 18.2 Å². The van der Waals surface area contributed by atoms with Crippen LogP contribution in [-0.2, 0) is 4.79 Å². The molecule has 1 saturated heterocycles. The molecule has 4 heteroatoms. The van der Waals surface area contributed by atoms with Gasteiger partial charge in [0.05, 0.1) is 7.11 Å². The van der Waals surface area contributed by atoms with Crippen molar-refractivity contribution in [3.63, 3.8) is 0 Å². The first-order valence-electron chi connectivity index (χ1n) is 5.34. The SMILES string of the molecule is COc1ccccc1[C@H]1CC[C@H](C(=O)O)N1. The molecule has 0 saturated carbocycles. The van der Waals surface area contributed by atoms with Crippen LogP contribution in [-0.4, -0.2) is 24.2 Å². The van der Waals surface area contributed by atoms with Crippen molar-refractivity contribution < 1.29 is 14.6 Å². The van der Waals surface area contributed by atoms with Crippen molar-refractivity contribution in [1.29, 1.82) is 0 Å². The second-order valence-electron chi connectivity index (χ2n) is 3.93. The number of benzene rings is 1. The predicted octanol–water partition coefficient (Wildman–Crippen LogP) is 1.57. The zero-order valence-electron chi connectivity index (χ0n) is 9.14. The number of rotatable bonds is 3. The molecule has 0 unspecified atom stereocenters. The van der Waals surface area contributed by atoms with Crippen LogP contribution in [0.2, 0.25) is 0 Å². The summed E-state index contributed by atoms with van der Waals surface area (Å²) in [7, 11) is 1.63. The molecule has 0 radical (unpaired) electrons. The van der Waals surface area contributed by atoms with Crippen LogP contribution in [0.15, 0.2) is 24.3 Å². The van der Waals surface area contributed by atoms with Crippen molar-refractivity contribution in [1.82, 2.24) is 5.32 Å². The van der Waals surface area contributed by atoms with Crippen LogP contribution in [0.4, 0.5) is 0 Å². The summed E-state index contributed by atoms with van der Waals surface area (Å²) in [6, 6.07) is 7.36. The lowest BCUT2D eigenvalue weighted by Gasteiger charge is -2.15. The van der Waals surface area contributed by atoms with Gasteiger partial charge < -0.3 is 9.84 Å². The van der Waals surface area contributed by atoms with E-state index in [2.05, 4.69) is 5.32 Å². The molecule has 0 bridgehead atoms. The molecule has 1 aliphatic heterocycles. The largest absolute Gasteiger partial charge is 0.496 e. The average Bonchev–Trinajstić information content (AvgIpc) is 2.78. The molecule has 0 amide bonds. The number of carboxylic acids is 1. The first-order valence-corrected chi connectivity index (χ1v) is 5.34. The van der Waals surface area contributed by atoms with E-state index in [9.17, 15) is 4.79 Å². The molecule has 1 heterocycles. The first-order chi connectivity index (χ1) is 7.72. The Kier molecular flexibility index (Phi) is 3.10. The summed E-state index contributed by atoms with van der Waals surface area (Å²) < 4.78 is 5.27. The van der Waals surface area contributed by atoms with Crippen LogP contribution in [0.5, 0.6) is 5.75 Å². The highest BCUT2D eigenvalue weighted by Gasteiger charge is 2.30. The van der Waals surface area contributed by atoms with E-state index in [4.69, 9.17) is 9.84 Å². The molecule has 2 atom stereocenters. The summed E-state index contributed by atoms with van der Waals surface area (Å²) in [5, 5.41) is 12.0. The van der Waals surface area contributed by atoms with Crippen molar-refractivity contribution in [3.05, 3.63) is 29.8 Å². The van der Waals surface area contributed by atoms with E-state index in [1.807, 2.05) is 24.3 Å². The zero-order chi connectivity index (χ0) is 11.5. The maximum absolute atomic E-state index is 10.8. The monoisotopic (exact) mass is 221 g/mol. The molecule has 86 valence electrons. The molecule has 0 aliphatic carbocycles. The van der Waals surface area contributed by atoms with Crippen LogP contribution in [0, 0.1) is 0 Å². The van der Waals surface area contributed by atoms with Gasteiger partial charge in [-0.2, -0.15) is 0 Å². The van der Waals surface area contributed by atoms with Crippen LogP contribution in [0.3, 0.4) is 0 Å². The topological polar surface area (TPSA) is 58.6 Å². The van der Waals surface area contributed by atoms with Gasteiger partial charge in [0, 0.05) is 11.6 Å². The third kappa shape index (κ3) is 2.02. The Morgan fingerprint density at radius 2 is 2.19 bits per heavy atom. The zero-order valence-corrected chi connectivity index (χ0v) is 9.14. The molecule has 2 rings (SSSR count). The van der Waals surface area contributed by atoms with Crippen molar-refractivity contribution in [2.24, 2.45) is 0 Å². The summed E-state index contributed by atoms with van der Waals surface area (Å²) in [6.45, 7) is 0. The molecule has 2 N–H and O–H groups in total. The molecule has 0 aromatic heterocycles. The Balaban J connectivity index is 2.17. The Labute approximate surface area is 94.2 Å². The minimum absolute atomic E-state index is 0.0808.